The number of benzene rings is 1. The van der Waals surface area contributed by atoms with E-state index in [4.69, 9.17) is 11.6 Å². The summed E-state index contributed by atoms with van der Waals surface area (Å²) in [7, 11) is 0. The second-order valence-electron chi connectivity index (χ2n) is 5.26. The maximum absolute atomic E-state index is 12.0. The Labute approximate surface area is 140 Å². The number of anilines is 1. The van der Waals surface area contributed by atoms with E-state index < -0.39 is 0 Å². The van der Waals surface area contributed by atoms with Crippen LogP contribution in [0.4, 0.5) is 5.13 Å². The highest BCUT2D eigenvalue weighted by molar-refractivity contribution is 7.22. The molecule has 1 amide bonds. The van der Waals surface area contributed by atoms with E-state index in [1.54, 1.807) is 11.8 Å². The Morgan fingerprint density at radius 3 is 2.55 bits per heavy atom. The molecule has 2 rings (SSSR count). The van der Waals surface area contributed by atoms with Crippen molar-refractivity contribution in [2.75, 3.05) is 31.1 Å². The van der Waals surface area contributed by atoms with E-state index in [1.807, 2.05) is 19.1 Å². The van der Waals surface area contributed by atoms with E-state index in [-0.39, 0.29) is 5.91 Å². The Kier molecular flexibility index (Phi) is 5.78. The summed E-state index contributed by atoms with van der Waals surface area (Å²) in [6.45, 7) is 11.3. The van der Waals surface area contributed by atoms with Crippen LogP contribution in [0.3, 0.4) is 0 Å². The van der Waals surface area contributed by atoms with Crippen LogP contribution in [0, 0.1) is 6.92 Å². The SMILES string of the molecule is CCN(CC)CCN(C(C)=O)c1nc2c(C)cc(Cl)cc2s1. The number of nitrogens with zero attached hydrogens (tertiary/aromatic N) is 3. The van der Waals surface area contributed by atoms with Gasteiger partial charge in [0.2, 0.25) is 5.91 Å². The Hall–Kier alpha value is -1.17. The quantitative estimate of drug-likeness (QED) is 0.799. The molecule has 120 valence electrons. The van der Waals surface area contributed by atoms with Gasteiger partial charge >= 0.3 is 0 Å². The number of fused-ring (bicyclic) bond motifs is 1. The van der Waals surface area contributed by atoms with Crippen LogP contribution in [0.25, 0.3) is 10.2 Å². The molecule has 0 saturated carbocycles. The molecule has 0 fully saturated rings. The highest BCUT2D eigenvalue weighted by Gasteiger charge is 2.18. The lowest BCUT2D eigenvalue weighted by molar-refractivity contribution is -0.116. The first-order valence-electron chi connectivity index (χ1n) is 7.53. The zero-order chi connectivity index (χ0) is 16.3. The molecule has 6 heteroatoms. The van der Waals surface area contributed by atoms with Crippen molar-refractivity contribution < 1.29 is 4.79 Å². The van der Waals surface area contributed by atoms with Gasteiger partial charge in [0.25, 0.3) is 0 Å². The first-order chi connectivity index (χ1) is 10.5. The van der Waals surface area contributed by atoms with E-state index in [2.05, 4.69) is 23.7 Å². The number of aromatic nitrogens is 1. The van der Waals surface area contributed by atoms with Gasteiger partial charge in [-0.3, -0.25) is 9.69 Å². The lowest BCUT2D eigenvalue weighted by Crippen LogP contribution is -2.37. The van der Waals surface area contributed by atoms with Crippen LogP contribution in [0.1, 0.15) is 26.3 Å². The predicted octanol–water partition coefficient (Wildman–Crippen LogP) is 3.95. The third kappa shape index (κ3) is 3.77. The number of hydrogen-bond acceptors (Lipinski definition) is 4. The maximum atomic E-state index is 12.0. The van der Waals surface area contributed by atoms with Gasteiger partial charge in [-0.05, 0) is 37.7 Å². The van der Waals surface area contributed by atoms with Crippen molar-refractivity contribution in [3.63, 3.8) is 0 Å². The largest absolute Gasteiger partial charge is 0.302 e. The van der Waals surface area contributed by atoms with Gasteiger partial charge in [0, 0.05) is 25.0 Å². The van der Waals surface area contributed by atoms with Gasteiger partial charge in [-0.15, -0.1) is 0 Å². The molecule has 0 atom stereocenters. The predicted molar refractivity (Wildman–Crippen MR) is 95.2 cm³/mol. The summed E-state index contributed by atoms with van der Waals surface area (Å²) in [5.74, 6) is 0.0231. The number of aryl methyl sites for hydroxylation is 1. The summed E-state index contributed by atoms with van der Waals surface area (Å²) in [4.78, 5) is 20.7. The van der Waals surface area contributed by atoms with Crippen molar-refractivity contribution in [2.24, 2.45) is 0 Å². The minimum atomic E-state index is 0.0231. The van der Waals surface area contributed by atoms with Gasteiger partial charge < -0.3 is 4.90 Å². The highest BCUT2D eigenvalue weighted by atomic mass is 35.5. The molecule has 0 bridgehead atoms. The summed E-state index contributed by atoms with van der Waals surface area (Å²) < 4.78 is 1.02. The smallest absolute Gasteiger partial charge is 0.225 e. The molecular formula is C16H22ClN3OS. The Balaban J connectivity index is 2.29. The lowest BCUT2D eigenvalue weighted by atomic mass is 10.2. The molecule has 2 aromatic rings. The third-order valence-corrected chi connectivity index (χ3v) is 5.03. The van der Waals surface area contributed by atoms with Gasteiger partial charge in [-0.2, -0.15) is 0 Å². The monoisotopic (exact) mass is 339 g/mol. The second-order valence-corrected chi connectivity index (χ2v) is 6.71. The molecule has 0 aliphatic carbocycles. The molecule has 1 aromatic carbocycles. The Morgan fingerprint density at radius 2 is 1.95 bits per heavy atom. The normalized spacial score (nSPS) is 11.4. The summed E-state index contributed by atoms with van der Waals surface area (Å²) >= 11 is 7.63. The molecule has 22 heavy (non-hydrogen) atoms. The van der Waals surface area contributed by atoms with Gasteiger partial charge in [0.1, 0.15) is 0 Å². The maximum Gasteiger partial charge on any atom is 0.225 e. The number of amides is 1. The van der Waals surface area contributed by atoms with Crippen molar-refractivity contribution in [1.29, 1.82) is 0 Å². The second kappa shape index (κ2) is 7.40. The number of halogens is 1. The molecule has 0 aliphatic heterocycles. The number of hydrogen-bond donors (Lipinski definition) is 0. The van der Waals surface area contributed by atoms with Gasteiger partial charge in [-0.1, -0.05) is 36.8 Å². The minimum Gasteiger partial charge on any atom is -0.302 e. The van der Waals surface area contributed by atoms with E-state index in [1.165, 1.54) is 11.3 Å². The van der Waals surface area contributed by atoms with Crippen molar-refractivity contribution in [1.82, 2.24) is 9.88 Å². The van der Waals surface area contributed by atoms with Crippen LogP contribution in [0.15, 0.2) is 12.1 Å². The molecule has 1 aromatic heterocycles. The summed E-state index contributed by atoms with van der Waals surface area (Å²) in [5, 5.41) is 1.46. The third-order valence-electron chi connectivity index (χ3n) is 3.78. The topological polar surface area (TPSA) is 36.4 Å². The number of carbonyl (C=O) groups is 1. The molecule has 0 saturated heterocycles. The summed E-state index contributed by atoms with van der Waals surface area (Å²) in [5.41, 5.74) is 1.97. The Morgan fingerprint density at radius 1 is 1.27 bits per heavy atom. The zero-order valence-corrected chi connectivity index (χ0v) is 15.1. The number of thiazole rings is 1. The van der Waals surface area contributed by atoms with Crippen LogP contribution in [0.2, 0.25) is 5.02 Å². The number of carbonyl (C=O) groups excluding carboxylic acids is 1. The Bertz CT molecular complexity index is 667. The average Bonchev–Trinajstić information content (AvgIpc) is 2.87. The number of rotatable bonds is 6. The van der Waals surface area contributed by atoms with Crippen molar-refractivity contribution in [2.45, 2.75) is 27.7 Å². The first-order valence-corrected chi connectivity index (χ1v) is 8.72. The molecule has 0 aliphatic rings. The van der Waals surface area contributed by atoms with Crippen LogP contribution >= 0.6 is 22.9 Å². The van der Waals surface area contributed by atoms with Crippen molar-refractivity contribution in [3.8, 4) is 0 Å². The standard InChI is InChI=1S/C16H22ClN3OS/c1-5-19(6-2)7-8-20(12(4)21)16-18-15-11(3)9-13(17)10-14(15)22-16/h9-10H,5-8H2,1-4H3. The molecule has 1 heterocycles. The number of likely N-dealkylation sites (N-methyl/N-ethyl adjacent to an activating group) is 1. The fourth-order valence-corrected chi connectivity index (χ4v) is 3.92. The summed E-state index contributed by atoms with van der Waals surface area (Å²) in [6, 6.07) is 3.81. The summed E-state index contributed by atoms with van der Waals surface area (Å²) in [6.07, 6.45) is 0. The van der Waals surface area contributed by atoms with Crippen LogP contribution in [0.5, 0.6) is 0 Å². The van der Waals surface area contributed by atoms with Crippen LogP contribution in [-0.2, 0) is 4.79 Å². The van der Waals surface area contributed by atoms with E-state index in [0.717, 1.165) is 40.5 Å². The molecular weight excluding hydrogens is 318 g/mol. The molecule has 0 unspecified atom stereocenters. The first kappa shape index (κ1) is 17.2. The molecule has 0 radical (unpaired) electrons. The average molecular weight is 340 g/mol. The zero-order valence-electron chi connectivity index (χ0n) is 13.5. The van der Waals surface area contributed by atoms with E-state index in [0.29, 0.717) is 11.6 Å². The van der Waals surface area contributed by atoms with Gasteiger partial charge in [-0.25, -0.2) is 4.98 Å². The fraction of sp³-hybridized carbons (Fsp3) is 0.500. The fourth-order valence-electron chi connectivity index (χ4n) is 2.43. The van der Waals surface area contributed by atoms with Gasteiger partial charge in [0.15, 0.2) is 5.13 Å². The van der Waals surface area contributed by atoms with E-state index >= 15 is 0 Å². The minimum absolute atomic E-state index is 0.0231. The molecule has 0 N–H and O–H groups in total. The van der Waals surface area contributed by atoms with Gasteiger partial charge in [0.05, 0.1) is 10.2 Å². The lowest BCUT2D eigenvalue weighted by Gasteiger charge is -2.23. The van der Waals surface area contributed by atoms with Crippen molar-refractivity contribution >= 4 is 44.2 Å². The van der Waals surface area contributed by atoms with Crippen LogP contribution < -0.4 is 4.90 Å². The highest BCUT2D eigenvalue weighted by Crippen LogP contribution is 2.33. The molecule has 4 nitrogen and oxygen atoms in total. The van der Waals surface area contributed by atoms with Crippen molar-refractivity contribution in [3.05, 3.63) is 22.7 Å². The van der Waals surface area contributed by atoms with Crippen LogP contribution in [-0.4, -0.2) is 42.0 Å². The van der Waals surface area contributed by atoms with E-state index in [9.17, 15) is 4.79 Å². The molecule has 0 spiro atoms.